The van der Waals surface area contributed by atoms with Gasteiger partial charge in [0.25, 0.3) is 0 Å². The molecule has 1 aromatic heterocycles. The molecule has 3 rings (SSSR count). The molecular weight excluding hydrogens is 342 g/mol. The van der Waals surface area contributed by atoms with Crippen molar-refractivity contribution in [3.8, 4) is 0 Å². The second-order valence-corrected chi connectivity index (χ2v) is 8.07. The molecule has 1 saturated carbocycles. The van der Waals surface area contributed by atoms with Crippen LogP contribution in [0.1, 0.15) is 50.7 Å². The minimum Gasteiger partial charge on any atom is -0.469 e. The normalized spacial score (nSPS) is 22.7. The fourth-order valence-corrected chi connectivity index (χ4v) is 4.19. The molecule has 1 aliphatic carbocycles. The molecule has 2 aliphatic rings. The maximum Gasteiger partial charge on any atom is 0.191 e. The van der Waals surface area contributed by atoms with Crippen LogP contribution in [0.25, 0.3) is 0 Å². The van der Waals surface area contributed by atoms with Crippen molar-refractivity contribution in [1.82, 2.24) is 10.6 Å². The predicted octanol–water partition coefficient (Wildman–Crippen LogP) is 2.73. The van der Waals surface area contributed by atoms with E-state index in [1.54, 1.807) is 6.26 Å². The number of furan rings is 1. The first-order valence-electron chi connectivity index (χ1n) is 10.5. The molecule has 152 valence electrons. The molecule has 0 aromatic carbocycles. The molecule has 0 bridgehead atoms. The Balaban J connectivity index is 1.56. The van der Waals surface area contributed by atoms with Gasteiger partial charge in [-0.1, -0.05) is 19.3 Å². The molecule has 1 atom stereocenters. The number of aliphatic hydroxyl groups is 1. The van der Waals surface area contributed by atoms with E-state index >= 15 is 0 Å². The maximum absolute atomic E-state index is 9.54. The number of ether oxygens (including phenoxy) is 1. The van der Waals surface area contributed by atoms with E-state index < -0.39 is 0 Å². The van der Waals surface area contributed by atoms with Crippen molar-refractivity contribution in [1.29, 1.82) is 0 Å². The van der Waals surface area contributed by atoms with Gasteiger partial charge < -0.3 is 24.9 Å². The number of nitrogens with zero attached hydrogens (tertiary/aromatic N) is 1. The molecule has 0 amide bonds. The van der Waals surface area contributed by atoms with E-state index in [0.717, 1.165) is 63.8 Å². The second kappa shape index (κ2) is 10.7. The fourth-order valence-electron chi connectivity index (χ4n) is 4.19. The maximum atomic E-state index is 9.54. The van der Waals surface area contributed by atoms with Gasteiger partial charge in [0.2, 0.25) is 0 Å². The first-order chi connectivity index (χ1) is 13.3. The number of hydrogen-bond acceptors (Lipinski definition) is 4. The van der Waals surface area contributed by atoms with Crippen LogP contribution >= 0.6 is 0 Å². The average molecular weight is 378 g/mol. The molecule has 1 aromatic rings. The molecule has 1 saturated heterocycles. The molecule has 0 radical (unpaired) electrons. The Morgan fingerprint density at radius 3 is 2.85 bits per heavy atom. The monoisotopic (exact) mass is 377 g/mol. The lowest BCUT2D eigenvalue weighted by Gasteiger charge is -2.35. The molecule has 27 heavy (non-hydrogen) atoms. The summed E-state index contributed by atoms with van der Waals surface area (Å²) in [7, 11) is 0. The molecular formula is C21H35N3O3. The largest absolute Gasteiger partial charge is 0.469 e. The van der Waals surface area contributed by atoms with Gasteiger partial charge in [-0.25, -0.2) is 0 Å². The van der Waals surface area contributed by atoms with Gasteiger partial charge in [-0.05, 0) is 43.2 Å². The van der Waals surface area contributed by atoms with Crippen LogP contribution < -0.4 is 10.6 Å². The first kappa shape index (κ1) is 20.2. The first-order valence-corrected chi connectivity index (χ1v) is 10.5. The molecule has 2 fully saturated rings. The molecule has 3 N–H and O–H groups in total. The molecule has 0 spiro atoms. The Labute approximate surface area is 162 Å². The summed E-state index contributed by atoms with van der Waals surface area (Å²) in [5.74, 6) is 2.41. The summed E-state index contributed by atoms with van der Waals surface area (Å²) in [5.41, 5.74) is 0.166. The number of guanidine groups is 1. The summed E-state index contributed by atoms with van der Waals surface area (Å²) >= 11 is 0. The zero-order valence-corrected chi connectivity index (χ0v) is 16.4. The Morgan fingerprint density at radius 2 is 2.15 bits per heavy atom. The van der Waals surface area contributed by atoms with Crippen LogP contribution in [0.15, 0.2) is 27.8 Å². The van der Waals surface area contributed by atoms with Crippen LogP contribution in [0, 0.1) is 11.3 Å². The van der Waals surface area contributed by atoms with E-state index in [-0.39, 0.29) is 12.0 Å². The molecule has 1 unspecified atom stereocenters. The third kappa shape index (κ3) is 6.54. The van der Waals surface area contributed by atoms with Gasteiger partial charge in [0, 0.05) is 45.2 Å². The number of aliphatic hydroxyl groups excluding tert-OH is 1. The van der Waals surface area contributed by atoms with Crippen molar-refractivity contribution in [2.24, 2.45) is 16.3 Å². The Hall–Kier alpha value is -1.53. The molecule has 1 aliphatic heterocycles. The highest BCUT2D eigenvalue weighted by molar-refractivity contribution is 5.79. The predicted molar refractivity (Wildman–Crippen MR) is 107 cm³/mol. The number of aliphatic imine (C=N–C) groups is 1. The van der Waals surface area contributed by atoms with Crippen molar-refractivity contribution >= 4 is 5.96 Å². The van der Waals surface area contributed by atoms with Gasteiger partial charge >= 0.3 is 0 Å². The highest BCUT2D eigenvalue weighted by atomic mass is 16.5. The van der Waals surface area contributed by atoms with Gasteiger partial charge in [0.1, 0.15) is 5.76 Å². The van der Waals surface area contributed by atoms with E-state index in [2.05, 4.69) is 10.6 Å². The van der Waals surface area contributed by atoms with Crippen molar-refractivity contribution in [2.75, 3.05) is 39.5 Å². The van der Waals surface area contributed by atoms with Crippen LogP contribution in [-0.4, -0.2) is 50.5 Å². The van der Waals surface area contributed by atoms with E-state index in [0.29, 0.717) is 5.92 Å². The van der Waals surface area contributed by atoms with Crippen LogP contribution in [0.4, 0.5) is 0 Å². The minimum absolute atomic E-state index is 0.166. The minimum atomic E-state index is 0.166. The Morgan fingerprint density at radius 1 is 1.26 bits per heavy atom. The lowest BCUT2D eigenvalue weighted by atomic mass is 9.72. The van der Waals surface area contributed by atoms with Gasteiger partial charge in [-0.2, -0.15) is 0 Å². The third-order valence-electron chi connectivity index (χ3n) is 5.96. The van der Waals surface area contributed by atoms with Crippen LogP contribution in [-0.2, 0) is 11.2 Å². The number of hydrogen-bond donors (Lipinski definition) is 3. The summed E-state index contributed by atoms with van der Waals surface area (Å²) in [6.07, 6.45) is 10.7. The topological polar surface area (TPSA) is 79.0 Å². The Kier molecular flexibility index (Phi) is 8.02. The molecule has 6 heteroatoms. The third-order valence-corrected chi connectivity index (χ3v) is 5.96. The van der Waals surface area contributed by atoms with Crippen molar-refractivity contribution in [2.45, 2.75) is 51.4 Å². The van der Waals surface area contributed by atoms with E-state index in [9.17, 15) is 5.11 Å². The van der Waals surface area contributed by atoms with Crippen LogP contribution in [0.3, 0.4) is 0 Å². The standard InChI is InChI=1S/C21H35N3O3/c25-12-10-21(8-2-1-3-9-21)17-24-20(23-15-18-7-14-26-16-18)22-11-6-19-5-4-13-27-19/h4-5,13,18,25H,1-3,6-12,14-17H2,(H2,22,23,24). The lowest BCUT2D eigenvalue weighted by Crippen LogP contribution is -2.42. The summed E-state index contributed by atoms with van der Waals surface area (Å²) in [6.45, 7) is 4.41. The van der Waals surface area contributed by atoms with E-state index in [1.165, 1.54) is 32.1 Å². The zero-order chi connectivity index (χ0) is 18.8. The lowest BCUT2D eigenvalue weighted by molar-refractivity contribution is 0.137. The summed E-state index contributed by atoms with van der Waals surface area (Å²) in [6, 6.07) is 3.92. The highest BCUT2D eigenvalue weighted by Crippen LogP contribution is 2.39. The summed E-state index contributed by atoms with van der Waals surface area (Å²) in [4.78, 5) is 4.93. The number of rotatable bonds is 9. The van der Waals surface area contributed by atoms with E-state index in [4.69, 9.17) is 14.1 Å². The van der Waals surface area contributed by atoms with Gasteiger partial charge in [0.15, 0.2) is 5.96 Å². The highest BCUT2D eigenvalue weighted by Gasteiger charge is 2.31. The molecule has 6 nitrogen and oxygen atoms in total. The van der Waals surface area contributed by atoms with Gasteiger partial charge in [0.05, 0.1) is 12.9 Å². The van der Waals surface area contributed by atoms with E-state index in [1.807, 2.05) is 12.1 Å². The number of nitrogens with one attached hydrogen (secondary N) is 2. The van der Waals surface area contributed by atoms with Crippen molar-refractivity contribution in [3.63, 3.8) is 0 Å². The van der Waals surface area contributed by atoms with Gasteiger partial charge in [-0.15, -0.1) is 0 Å². The van der Waals surface area contributed by atoms with Crippen LogP contribution in [0.2, 0.25) is 0 Å². The Bertz CT molecular complexity index is 542. The SMILES string of the molecule is OCCC1(CN=C(NCCc2ccco2)NCC2CCOC2)CCCCC1. The quantitative estimate of drug-likeness (QED) is 0.455. The summed E-state index contributed by atoms with van der Waals surface area (Å²) in [5, 5.41) is 16.5. The fraction of sp³-hybridized carbons (Fsp3) is 0.762. The molecule has 2 heterocycles. The summed E-state index contributed by atoms with van der Waals surface area (Å²) < 4.78 is 10.9. The zero-order valence-electron chi connectivity index (χ0n) is 16.4. The van der Waals surface area contributed by atoms with Gasteiger partial charge in [-0.3, -0.25) is 4.99 Å². The average Bonchev–Trinajstić information content (AvgIpc) is 3.38. The van der Waals surface area contributed by atoms with Crippen molar-refractivity contribution in [3.05, 3.63) is 24.2 Å². The smallest absolute Gasteiger partial charge is 0.191 e. The van der Waals surface area contributed by atoms with Crippen LogP contribution in [0.5, 0.6) is 0 Å². The van der Waals surface area contributed by atoms with Crippen molar-refractivity contribution < 1.29 is 14.3 Å². The second-order valence-electron chi connectivity index (χ2n) is 8.07.